The van der Waals surface area contributed by atoms with Gasteiger partial charge in [-0.05, 0) is 55.8 Å². The molecule has 0 saturated carbocycles. The van der Waals surface area contributed by atoms with E-state index in [2.05, 4.69) is 5.32 Å². The Balaban J connectivity index is 1.79. The van der Waals surface area contributed by atoms with Crippen LogP contribution in [0.5, 0.6) is 5.75 Å². The lowest BCUT2D eigenvalue weighted by Crippen LogP contribution is -2.41. The third kappa shape index (κ3) is 4.60. The van der Waals surface area contributed by atoms with Crippen LogP contribution >= 0.6 is 0 Å². The van der Waals surface area contributed by atoms with E-state index < -0.39 is 29.4 Å². The Morgan fingerprint density at radius 3 is 2.45 bits per heavy atom. The zero-order valence-corrected chi connectivity index (χ0v) is 16.0. The molecule has 1 aromatic heterocycles. The summed E-state index contributed by atoms with van der Waals surface area (Å²) in [6, 6.07) is 11.1. The first-order valence-corrected chi connectivity index (χ1v) is 9.00. The van der Waals surface area contributed by atoms with E-state index in [4.69, 9.17) is 4.74 Å². The molecule has 29 heavy (non-hydrogen) atoms. The predicted molar refractivity (Wildman–Crippen MR) is 107 cm³/mol. The van der Waals surface area contributed by atoms with Crippen LogP contribution in [0.15, 0.2) is 64.4 Å². The first-order chi connectivity index (χ1) is 13.9. The van der Waals surface area contributed by atoms with Crippen LogP contribution in [0.1, 0.15) is 12.5 Å². The Bertz CT molecular complexity index is 1150. The van der Waals surface area contributed by atoms with Crippen molar-refractivity contribution in [2.24, 2.45) is 0 Å². The van der Waals surface area contributed by atoms with E-state index >= 15 is 0 Å². The van der Waals surface area contributed by atoms with E-state index in [1.54, 1.807) is 37.3 Å². The van der Waals surface area contributed by atoms with E-state index in [0.29, 0.717) is 18.0 Å². The number of hydrogen-bond donors (Lipinski definition) is 1. The molecule has 2 aromatic carbocycles. The van der Waals surface area contributed by atoms with Gasteiger partial charge < -0.3 is 10.1 Å². The van der Waals surface area contributed by atoms with Crippen molar-refractivity contribution < 1.29 is 13.9 Å². The Kier molecular flexibility index (Phi) is 5.92. The highest BCUT2D eigenvalue weighted by molar-refractivity contribution is 5.90. The van der Waals surface area contributed by atoms with Crippen LogP contribution in [0.3, 0.4) is 0 Å². The largest absolute Gasteiger partial charge is 0.494 e. The van der Waals surface area contributed by atoms with Crippen LogP contribution in [0.25, 0.3) is 5.69 Å². The lowest BCUT2D eigenvalue weighted by molar-refractivity contribution is -0.116. The van der Waals surface area contributed by atoms with Crippen molar-refractivity contribution in [2.75, 3.05) is 11.9 Å². The highest BCUT2D eigenvalue weighted by Gasteiger charge is 2.12. The van der Waals surface area contributed by atoms with Crippen molar-refractivity contribution in [2.45, 2.75) is 20.4 Å². The van der Waals surface area contributed by atoms with Gasteiger partial charge in [0.25, 0.3) is 0 Å². The number of carbonyl (C=O) groups excluding carboxylic acids is 1. The molecule has 0 bridgehead atoms. The van der Waals surface area contributed by atoms with Crippen LogP contribution < -0.4 is 21.2 Å². The van der Waals surface area contributed by atoms with Crippen molar-refractivity contribution in [1.29, 1.82) is 0 Å². The number of aryl methyl sites for hydroxylation is 1. The first kappa shape index (κ1) is 20.1. The molecule has 0 saturated heterocycles. The smallest absolute Gasteiger partial charge is 0.320 e. The monoisotopic (exact) mass is 397 g/mol. The van der Waals surface area contributed by atoms with Crippen molar-refractivity contribution >= 4 is 11.6 Å². The zero-order chi connectivity index (χ0) is 21.0. The fraction of sp³-hybridized carbons (Fsp3) is 0.190. The van der Waals surface area contributed by atoms with Gasteiger partial charge in [-0.3, -0.25) is 23.5 Å². The molecule has 150 valence electrons. The van der Waals surface area contributed by atoms with E-state index in [1.165, 1.54) is 29.1 Å². The maximum atomic E-state index is 13.9. The number of aromatic nitrogens is 2. The highest BCUT2D eigenvalue weighted by atomic mass is 19.1. The van der Waals surface area contributed by atoms with Crippen molar-refractivity contribution in [3.63, 3.8) is 0 Å². The topological polar surface area (TPSA) is 82.3 Å². The van der Waals surface area contributed by atoms with Gasteiger partial charge in [-0.15, -0.1) is 0 Å². The zero-order valence-electron chi connectivity index (χ0n) is 16.0. The second kappa shape index (κ2) is 8.55. The molecule has 1 N–H and O–H groups in total. The van der Waals surface area contributed by atoms with Crippen LogP contribution in [-0.4, -0.2) is 21.6 Å². The molecule has 8 heteroatoms. The standard InChI is InChI=1S/C21H20FN3O4/c1-3-29-16-7-5-15(6-8-16)25-11-10-24(20(27)21(25)28)13-19(26)23-18-9-4-14(2)12-17(18)22/h4-12H,3,13H2,1-2H3,(H,23,26). The molecule has 3 aromatic rings. The third-order valence-electron chi connectivity index (χ3n) is 4.20. The summed E-state index contributed by atoms with van der Waals surface area (Å²) >= 11 is 0. The fourth-order valence-electron chi connectivity index (χ4n) is 2.77. The number of nitrogens with one attached hydrogen (secondary N) is 1. The number of amides is 1. The number of anilines is 1. The van der Waals surface area contributed by atoms with E-state index in [9.17, 15) is 18.8 Å². The average molecular weight is 397 g/mol. The van der Waals surface area contributed by atoms with Crippen LogP contribution in [0, 0.1) is 12.7 Å². The molecule has 3 rings (SSSR count). The van der Waals surface area contributed by atoms with E-state index in [0.717, 1.165) is 10.1 Å². The quantitative estimate of drug-likeness (QED) is 0.648. The Labute approximate surface area is 166 Å². The average Bonchev–Trinajstić information content (AvgIpc) is 2.69. The molecule has 0 fully saturated rings. The number of benzene rings is 2. The van der Waals surface area contributed by atoms with Crippen LogP contribution in [0.2, 0.25) is 0 Å². The lowest BCUT2D eigenvalue weighted by atomic mass is 10.2. The maximum absolute atomic E-state index is 13.9. The van der Waals surface area contributed by atoms with Crippen molar-refractivity contribution in [1.82, 2.24) is 9.13 Å². The highest BCUT2D eigenvalue weighted by Crippen LogP contribution is 2.15. The molecule has 0 aliphatic carbocycles. The fourth-order valence-corrected chi connectivity index (χ4v) is 2.77. The summed E-state index contributed by atoms with van der Waals surface area (Å²) in [5, 5.41) is 2.40. The number of carbonyl (C=O) groups is 1. The molecular weight excluding hydrogens is 377 g/mol. The Hall–Kier alpha value is -3.68. The summed E-state index contributed by atoms with van der Waals surface area (Å²) in [5.74, 6) is -0.540. The van der Waals surface area contributed by atoms with Gasteiger partial charge in [-0.2, -0.15) is 0 Å². The summed E-state index contributed by atoms with van der Waals surface area (Å²) in [6.07, 6.45) is 2.74. The molecule has 0 radical (unpaired) electrons. The molecule has 0 atom stereocenters. The summed E-state index contributed by atoms with van der Waals surface area (Å²) in [5.41, 5.74) is -0.438. The summed E-state index contributed by atoms with van der Waals surface area (Å²) < 4.78 is 21.4. The predicted octanol–water partition coefficient (Wildman–Crippen LogP) is 2.48. The number of ether oxygens (including phenoxy) is 1. The summed E-state index contributed by atoms with van der Waals surface area (Å²) in [6.45, 7) is 3.70. The summed E-state index contributed by atoms with van der Waals surface area (Å²) in [4.78, 5) is 37.0. The number of halogens is 1. The van der Waals surface area contributed by atoms with E-state index in [-0.39, 0.29) is 5.69 Å². The number of nitrogens with zero attached hydrogens (tertiary/aromatic N) is 2. The number of hydrogen-bond acceptors (Lipinski definition) is 4. The molecule has 1 amide bonds. The van der Waals surface area contributed by atoms with Gasteiger partial charge in [0.1, 0.15) is 18.1 Å². The Morgan fingerprint density at radius 1 is 1.07 bits per heavy atom. The van der Waals surface area contributed by atoms with Gasteiger partial charge in [0.15, 0.2) is 0 Å². The van der Waals surface area contributed by atoms with Crippen LogP contribution in [-0.2, 0) is 11.3 Å². The van der Waals surface area contributed by atoms with E-state index in [1.807, 2.05) is 6.92 Å². The SMILES string of the molecule is CCOc1ccc(-n2ccn(CC(=O)Nc3ccc(C)cc3F)c(=O)c2=O)cc1. The molecule has 0 spiro atoms. The van der Waals surface area contributed by atoms with Gasteiger partial charge in [0.2, 0.25) is 5.91 Å². The third-order valence-corrected chi connectivity index (χ3v) is 4.20. The van der Waals surface area contributed by atoms with Crippen molar-refractivity contribution in [3.8, 4) is 11.4 Å². The first-order valence-electron chi connectivity index (χ1n) is 9.00. The summed E-state index contributed by atoms with van der Waals surface area (Å²) in [7, 11) is 0. The number of rotatable bonds is 6. The van der Waals surface area contributed by atoms with Gasteiger partial charge in [0.05, 0.1) is 12.3 Å². The minimum Gasteiger partial charge on any atom is -0.494 e. The second-order valence-corrected chi connectivity index (χ2v) is 6.36. The van der Waals surface area contributed by atoms with Gasteiger partial charge >= 0.3 is 11.1 Å². The lowest BCUT2D eigenvalue weighted by Gasteiger charge is -2.11. The van der Waals surface area contributed by atoms with Crippen LogP contribution in [0.4, 0.5) is 10.1 Å². The Morgan fingerprint density at radius 2 is 1.79 bits per heavy atom. The maximum Gasteiger partial charge on any atom is 0.320 e. The van der Waals surface area contributed by atoms with Gasteiger partial charge in [-0.1, -0.05) is 6.07 Å². The molecular formula is C21H20FN3O4. The van der Waals surface area contributed by atoms with Crippen molar-refractivity contribution in [3.05, 3.63) is 86.9 Å². The normalized spacial score (nSPS) is 10.6. The molecule has 7 nitrogen and oxygen atoms in total. The molecule has 0 unspecified atom stereocenters. The minimum absolute atomic E-state index is 0.0105. The molecule has 0 aliphatic heterocycles. The molecule has 0 aliphatic rings. The molecule has 1 heterocycles. The second-order valence-electron chi connectivity index (χ2n) is 6.36. The minimum atomic E-state index is -0.860. The van der Waals surface area contributed by atoms with Gasteiger partial charge in [-0.25, -0.2) is 4.39 Å². The van der Waals surface area contributed by atoms with Gasteiger partial charge in [0, 0.05) is 18.1 Å².